The summed E-state index contributed by atoms with van der Waals surface area (Å²) >= 11 is 0. The molecule has 0 N–H and O–H groups in total. The Hall–Kier alpha value is -0.860. The van der Waals surface area contributed by atoms with E-state index in [0.717, 1.165) is 18.4 Å². The Morgan fingerprint density at radius 3 is 2.48 bits per heavy atom. The van der Waals surface area contributed by atoms with Gasteiger partial charge in [0, 0.05) is 11.6 Å². The van der Waals surface area contributed by atoms with Gasteiger partial charge in [0.15, 0.2) is 5.78 Å². The van der Waals surface area contributed by atoms with Gasteiger partial charge in [0.1, 0.15) is 0 Å². The predicted molar refractivity (Wildman–Crippen MR) is 91.7 cm³/mol. The van der Waals surface area contributed by atoms with E-state index in [1.54, 1.807) is 6.92 Å². The third-order valence-corrected chi connectivity index (χ3v) is 4.38. The average molecular weight is 310 g/mol. The number of aryl methyl sites for hydroxylation is 1. The van der Waals surface area contributed by atoms with Gasteiger partial charge in [-0.15, -0.1) is 12.4 Å². The smallest absolute Gasteiger partial charge is 0.160 e. The summed E-state index contributed by atoms with van der Waals surface area (Å²) in [4.78, 5) is 14.5. The molecule has 0 fully saturated rings. The highest BCUT2D eigenvalue weighted by Gasteiger charge is 2.25. The Bertz CT molecular complexity index is 466. The van der Waals surface area contributed by atoms with Gasteiger partial charge in [-0.05, 0) is 63.2 Å². The van der Waals surface area contributed by atoms with Gasteiger partial charge in [-0.1, -0.05) is 32.0 Å². The molecule has 3 heteroatoms. The Morgan fingerprint density at radius 2 is 1.90 bits per heavy atom. The van der Waals surface area contributed by atoms with Crippen molar-refractivity contribution < 1.29 is 4.79 Å². The molecule has 1 aromatic carbocycles. The molecular weight excluding hydrogens is 282 g/mol. The molecular formula is C18H28ClNO. The first-order valence-corrected chi connectivity index (χ1v) is 8.03. The summed E-state index contributed by atoms with van der Waals surface area (Å²) in [6.45, 7) is 8.54. The number of fused-ring (bicyclic) bond motifs is 1. The fraction of sp³-hybridized carbons (Fsp3) is 0.611. The van der Waals surface area contributed by atoms with Gasteiger partial charge < -0.3 is 4.90 Å². The van der Waals surface area contributed by atoms with Crippen LogP contribution in [0.15, 0.2) is 18.2 Å². The van der Waals surface area contributed by atoms with Crippen molar-refractivity contribution in [3.63, 3.8) is 0 Å². The molecule has 21 heavy (non-hydrogen) atoms. The minimum absolute atomic E-state index is 0. The Morgan fingerprint density at radius 1 is 1.24 bits per heavy atom. The molecule has 0 heterocycles. The summed E-state index contributed by atoms with van der Waals surface area (Å²) < 4.78 is 0. The van der Waals surface area contributed by atoms with E-state index in [1.807, 2.05) is 12.1 Å². The molecule has 1 aliphatic rings. The molecule has 2 rings (SSSR count). The number of Topliss-reactive ketones (excluding diaryl/α,β-unsaturated/α-hetero) is 1. The summed E-state index contributed by atoms with van der Waals surface area (Å²) in [5.74, 6) is 0.208. The number of carbonyl (C=O) groups excluding carboxylic acids is 1. The van der Waals surface area contributed by atoms with Crippen molar-refractivity contribution in [1.29, 1.82) is 0 Å². The lowest BCUT2D eigenvalue weighted by atomic mass is 9.83. The van der Waals surface area contributed by atoms with Crippen LogP contribution >= 0.6 is 12.4 Å². The number of hydrogen-bond donors (Lipinski definition) is 0. The second-order valence-electron chi connectivity index (χ2n) is 5.93. The first-order chi connectivity index (χ1) is 9.67. The molecule has 1 aliphatic carbocycles. The second-order valence-corrected chi connectivity index (χ2v) is 5.93. The minimum atomic E-state index is 0. The zero-order valence-electron chi connectivity index (χ0n) is 13.5. The molecule has 1 atom stereocenters. The molecule has 0 aromatic heterocycles. The van der Waals surface area contributed by atoms with Crippen LogP contribution in [0.25, 0.3) is 0 Å². The van der Waals surface area contributed by atoms with E-state index in [9.17, 15) is 4.79 Å². The van der Waals surface area contributed by atoms with Crippen LogP contribution in [0, 0.1) is 0 Å². The lowest BCUT2D eigenvalue weighted by Crippen LogP contribution is -2.40. The van der Waals surface area contributed by atoms with Crippen molar-refractivity contribution in [2.75, 3.05) is 13.1 Å². The maximum absolute atomic E-state index is 11.8. The van der Waals surface area contributed by atoms with E-state index in [0.29, 0.717) is 6.04 Å². The zero-order valence-corrected chi connectivity index (χ0v) is 14.3. The van der Waals surface area contributed by atoms with Crippen LogP contribution in [0.1, 0.15) is 61.5 Å². The van der Waals surface area contributed by atoms with Gasteiger partial charge in [0.2, 0.25) is 0 Å². The minimum Gasteiger partial charge on any atom is -0.300 e. The van der Waals surface area contributed by atoms with Crippen molar-refractivity contribution in [2.45, 2.75) is 58.9 Å². The summed E-state index contributed by atoms with van der Waals surface area (Å²) in [5.41, 5.74) is 3.65. The van der Waals surface area contributed by atoms with E-state index in [1.165, 1.54) is 43.5 Å². The standard InChI is InChI=1S/C18H27NO.ClH/c1-4-11-19(12-5-2)16-10-9-15-7-6-8-17(14(3)20)18(15)13-16;/h6-8,16H,4-5,9-13H2,1-3H3;1H. The third-order valence-electron chi connectivity index (χ3n) is 4.38. The van der Waals surface area contributed by atoms with Crippen LogP contribution in [0.4, 0.5) is 0 Å². The molecule has 0 amide bonds. The van der Waals surface area contributed by atoms with Gasteiger partial charge in [-0.3, -0.25) is 4.79 Å². The summed E-state index contributed by atoms with van der Waals surface area (Å²) in [7, 11) is 0. The molecule has 0 bridgehead atoms. The predicted octanol–water partition coefficient (Wildman–Crippen LogP) is 4.29. The molecule has 0 saturated heterocycles. The van der Waals surface area contributed by atoms with Gasteiger partial charge in [0.05, 0.1) is 0 Å². The van der Waals surface area contributed by atoms with Gasteiger partial charge in [-0.2, -0.15) is 0 Å². The number of carbonyl (C=O) groups is 1. The SMILES string of the molecule is CCCN(CCC)C1CCc2cccc(C(C)=O)c2C1.Cl. The number of benzene rings is 1. The van der Waals surface area contributed by atoms with Crippen LogP contribution in [-0.2, 0) is 12.8 Å². The van der Waals surface area contributed by atoms with E-state index >= 15 is 0 Å². The van der Waals surface area contributed by atoms with Crippen LogP contribution in [0.5, 0.6) is 0 Å². The van der Waals surface area contributed by atoms with E-state index in [4.69, 9.17) is 0 Å². The van der Waals surface area contributed by atoms with Crippen LogP contribution in [-0.4, -0.2) is 29.8 Å². The number of halogens is 1. The molecule has 118 valence electrons. The van der Waals surface area contributed by atoms with Crippen LogP contribution < -0.4 is 0 Å². The summed E-state index contributed by atoms with van der Waals surface area (Å²) in [5, 5.41) is 0. The normalized spacial score (nSPS) is 17.2. The quantitative estimate of drug-likeness (QED) is 0.731. The van der Waals surface area contributed by atoms with Crippen molar-refractivity contribution in [2.24, 2.45) is 0 Å². The van der Waals surface area contributed by atoms with E-state index in [2.05, 4.69) is 24.8 Å². The summed E-state index contributed by atoms with van der Waals surface area (Å²) in [6.07, 6.45) is 5.81. The highest BCUT2D eigenvalue weighted by Crippen LogP contribution is 2.28. The summed E-state index contributed by atoms with van der Waals surface area (Å²) in [6, 6.07) is 6.84. The van der Waals surface area contributed by atoms with Crippen LogP contribution in [0.3, 0.4) is 0 Å². The van der Waals surface area contributed by atoms with Crippen molar-refractivity contribution in [3.05, 3.63) is 34.9 Å². The maximum atomic E-state index is 11.8. The van der Waals surface area contributed by atoms with Gasteiger partial charge >= 0.3 is 0 Å². The lowest BCUT2D eigenvalue weighted by Gasteiger charge is -2.35. The third kappa shape index (κ3) is 4.31. The monoisotopic (exact) mass is 309 g/mol. The Balaban J connectivity index is 0.00000220. The molecule has 1 aromatic rings. The number of nitrogens with zero attached hydrogens (tertiary/aromatic N) is 1. The first-order valence-electron chi connectivity index (χ1n) is 8.03. The van der Waals surface area contributed by atoms with E-state index in [-0.39, 0.29) is 18.2 Å². The first kappa shape index (κ1) is 18.2. The highest BCUT2D eigenvalue weighted by atomic mass is 35.5. The molecule has 1 unspecified atom stereocenters. The largest absolute Gasteiger partial charge is 0.300 e. The molecule has 0 spiro atoms. The van der Waals surface area contributed by atoms with E-state index < -0.39 is 0 Å². The lowest BCUT2D eigenvalue weighted by molar-refractivity contribution is 0.101. The fourth-order valence-corrected chi connectivity index (χ4v) is 3.46. The maximum Gasteiger partial charge on any atom is 0.160 e. The number of ketones is 1. The highest BCUT2D eigenvalue weighted by molar-refractivity contribution is 5.96. The number of hydrogen-bond acceptors (Lipinski definition) is 2. The molecule has 2 nitrogen and oxygen atoms in total. The Labute approximate surface area is 135 Å². The van der Waals surface area contributed by atoms with Gasteiger partial charge in [-0.25, -0.2) is 0 Å². The van der Waals surface area contributed by atoms with Crippen LogP contribution in [0.2, 0.25) is 0 Å². The Kier molecular flexibility index (Phi) is 7.41. The second kappa shape index (κ2) is 8.55. The fourth-order valence-electron chi connectivity index (χ4n) is 3.46. The van der Waals surface area contributed by atoms with Gasteiger partial charge in [0.25, 0.3) is 0 Å². The van der Waals surface area contributed by atoms with Crippen molar-refractivity contribution in [3.8, 4) is 0 Å². The topological polar surface area (TPSA) is 20.3 Å². The van der Waals surface area contributed by atoms with Crippen molar-refractivity contribution >= 4 is 18.2 Å². The average Bonchev–Trinajstić information content (AvgIpc) is 2.45. The molecule has 0 aliphatic heterocycles. The van der Waals surface area contributed by atoms with Crippen molar-refractivity contribution in [1.82, 2.24) is 4.90 Å². The molecule has 0 radical (unpaired) electrons. The number of rotatable bonds is 6. The molecule has 0 saturated carbocycles. The zero-order chi connectivity index (χ0) is 14.5.